The molecule has 0 unspecified atom stereocenters. The maximum atomic E-state index is 13.0. The van der Waals surface area contributed by atoms with E-state index in [9.17, 15) is 15.2 Å². The normalized spacial score (nSPS) is 24.9. The van der Waals surface area contributed by atoms with Crippen LogP contribution in [0.5, 0.6) is 0 Å². The number of aromatic nitrogens is 2. The van der Waals surface area contributed by atoms with Gasteiger partial charge >= 0.3 is 0 Å². The average Bonchev–Trinajstić information content (AvgIpc) is 3.64. The molecule has 1 atom stereocenters. The summed E-state index contributed by atoms with van der Waals surface area (Å²) in [4.78, 5) is 23.5. The van der Waals surface area contributed by atoms with Crippen LogP contribution >= 0.6 is 0 Å². The van der Waals surface area contributed by atoms with Crippen LogP contribution in [0.2, 0.25) is 0 Å². The highest BCUT2D eigenvalue weighted by Crippen LogP contribution is 2.51. The van der Waals surface area contributed by atoms with Crippen molar-refractivity contribution in [3.05, 3.63) is 42.1 Å². The molecule has 166 valence electrons. The maximum Gasteiger partial charge on any atom is 0.248 e. The van der Waals surface area contributed by atoms with E-state index in [1.807, 2.05) is 24.3 Å². The summed E-state index contributed by atoms with van der Waals surface area (Å²) in [6.45, 7) is 1.92. The first-order chi connectivity index (χ1) is 15.6. The van der Waals surface area contributed by atoms with Gasteiger partial charge in [0.1, 0.15) is 11.2 Å². The van der Waals surface area contributed by atoms with Gasteiger partial charge in [-0.2, -0.15) is 10.2 Å². The van der Waals surface area contributed by atoms with Gasteiger partial charge in [0.2, 0.25) is 11.9 Å². The zero-order valence-electron chi connectivity index (χ0n) is 18.0. The molecule has 1 aliphatic carbocycles. The smallest absolute Gasteiger partial charge is 0.248 e. The molecule has 3 heterocycles. The van der Waals surface area contributed by atoms with Crippen LogP contribution in [-0.4, -0.2) is 47.3 Å². The van der Waals surface area contributed by atoms with Crippen molar-refractivity contribution in [3.8, 4) is 6.07 Å². The van der Waals surface area contributed by atoms with Gasteiger partial charge in [-0.3, -0.25) is 9.69 Å². The molecule has 2 saturated heterocycles. The average molecular weight is 434 g/mol. The molecular formula is C24H27N5O3. The molecule has 0 bridgehead atoms. The van der Waals surface area contributed by atoms with Crippen LogP contribution in [0.15, 0.2) is 36.5 Å². The Hall–Kier alpha value is -3.02. The van der Waals surface area contributed by atoms with Gasteiger partial charge in [-0.25, -0.2) is 4.98 Å². The van der Waals surface area contributed by atoms with Gasteiger partial charge in [0, 0.05) is 37.1 Å². The van der Waals surface area contributed by atoms with Gasteiger partial charge in [0.05, 0.1) is 12.7 Å². The Morgan fingerprint density at radius 2 is 1.94 bits per heavy atom. The summed E-state index contributed by atoms with van der Waals surface area (Å²) >= 11 is 0. The van der Waals surface area contributed by atoms with E-state index < -0.39 is 5.41 Å². The lowest BCUT2D eigenvalue weighted by Crippen LogP contribution is -2.37. The summed E-state index contributed by atoms with van der Waals surface area (Å²) in [5, 5.41) is 22.9. The van der Waals surface area contributed by atoms with E-state index in [1.165, 1.54) is 0 Å². The lowest BCUT2D eigenvalue weighted by atomic mass is 9.75. The standard InChI is InChI=1S/C24H27N5O3/c25-15-24(18-1-2-18)8-12-29(21(24)31)20-7-11-26-22(28-20)27-19-5-3-17(4-6-19)23(16-30)9-13-32-14-10-23/h3-7,11,18,30H,1-2,8-10,12-14,16H2,(H,26,27,28)/t24-/m1/s1. The largest absolute Gasteiger partial charge is 0.395 e. The Balaban J connectivity index is 1.32. The van der Waals surface area contributed by atoms with Crippen molar-refractivity contribution in [3.63, 3.8) is 0 Å². The van der Waals surface area contributed by atoms with E-state index in [-0.39, 0.29) is 23.8 Å². The van der Waals surface area contributed by atoms with E-state index in [2.05, 4.69) is 21.4 Å². The Kier molecular flexibility index (Phi) is 5.31. The topological polar surface area (TPSA) is 111 Å². The second-order valence-corrected chi connectivity index (χ2v) is 9.06. The van der Waals surface area contributed by atoms with Crippen LogP contribution < -0.4 is 10.2 Å². The van der Waals surface area contributed by atoms with E-state index >= 15 is 0 Å². The molecule has 1 saturated carbocycles. The number of ether oxygens (including phenoxy) is 1. The zero-order valence-corrected chi connectivity index (χ0v) is 18.0. The molecule has 1 aromatic heterocycles. The Morgan fingerprint density at radius 3 is 2.59 bits per heavy atom. The fourth-order valence-corrected chi connectivity index (χ4v) is 5.00. The fraction of sp³-hybridized carbons (Fsp3) is 0.500. The summed E-state index contributed by atoms with van der Waals surface area (Å²) in [5.74, 6) is 0.957. The van der Waals surface area contributed by atoms with Crippen LogP contribution in [0.1, 0.15) is 37.7 Å². The fourth-order valence-electron chi connectivity index (χ4n) is 5.00. The van der Waals surface area contributed by atoms with Crippen molar-refractivity contribution in [2.45, 2.75) is 37.5 Å². The number of aliphatic hydroxyl groups is 1. The molecule has 8 nitrogen and oxygen atoms in total. The Morgan fingerprint density at radius 1 is 1.19 bits per heavy atom. The number of benzene rings is 1. The first-order valence-corrected chi connectivity index (χ1v) is 11.2. The number of hydrogen-bond acceptors (Lipinski definition) is 7. The van der Waals surface area contributed by atoms with E-state index in [1.54, 1.807) is 17.2 Å². The number of rotatable bonds is 6. The number of nitrogens with zero attached hydrogens (tertiary/aromatic N) is 4. The molecule has 1 aromatic carbocycles. The Labute approximate surface area is 187 Å². The monoisotopic (exact) mass is 433 g/mol. The number of amides is 1. The molecule has 0 radical (unpaired) electrons. The molecule has 2 aliphatic heterocycles. The molecule has 5 rings (SSSR count). The Bertz CT molecular complexity index is 1040. The number of anilines is 3. The van der Waals surface area contributed by atoms with Gasteiger partial charge in [-0.1, -0.05) is 12.1 Å². The molecule has 0 spiro atoms. The van der Waals surface area contributed by atoms with Crippen LogP contribution in [0, 0.1) is 22.7 Å². The quantitative estimate of drug-likeness (QED) is 0.720. The lowest BCUT2D eigenvalue weighted by molar-refractivity contribution is -0.123. The number of hydrogen-bond donors (Lipinski definition) is 2. The van der Waals surface area contributed by atoms with Crippen LogP contribution in [0.4, 0.5) is 17.5 Å². The van der Waals surface area contributed by atoms with Gasteiger partial charge in [-0.15, -0.1) is 0 Å². The number of carbonyl (C=O) groups is 1. The molecule has 32 heavy (non-hydrogen) atoms. The van der Waals surface area contributed by atoms with Crippen molar-refractivity contribution in [1.29, 1.82) is 5.26 Å². The first-order valence-electron chi connectivity index (χ1n) is 11.2. The predicted molar refractivity (Wildman–Crippen MR) is 118 cm³/mol. The highest BCUT2D eigenvalue weighted by Gasteiger charge is 2.57. The van der Waals surface area contributed by atoms with Crippen molar-refractivity contribution in [1.82, 2.24) is 9.97 Å². The van der Waals surface area contributed by atoms with Gasteiger partial charge in [-0.05, 0) is 61.8 Å². The lowest BCUT2D eigenvalue weighted by Gasteiger charge is -2.36. The third-order valence-electron chi connectivity index (χ3n) is 7.25. The highest BCUT2D eigenvalue weighted by atomic mass is 16.5. The minimum Gasteiger partial charge on any atom is -0.395 e. The SMILES string of the molecule is N#C[C@@]1(C2CC2)CCN(c2ccnc(Nc3ccc(C4(CO)CCOCC4)cc3)n2)C1=O. The van der Waals surface area contributed by atoms with E-state index in [0.29, 0.717) is 37.9 Å². The minimum atomic E-state index is -0.888. The third kappa shape index (κ3) is 3.51. The van der Waals surface area contributed by atoms with Crippen molar-refractivity contribution >= 4 is 23.4 Å². The van der Waals surface area contributed by atoms with Crippen LogP contribution in [0.3, 0.4) is 0 Å². The molecule has 2 N–H and O–H groups in total. The van der Waals surface area contributed by atoms with Crippen molar-refractivity contribution in [2.75, 3.05) is 36.6 Å². The van der Waals surface area contributed by atoms with E-state index in [4.69, 9.17) is 4.74 Å². The molecule has 3 aliphatic rings. The summed E-state index contributed by atoms with van der Waals surface area (Å²) in [7, 11) is 0. The predicted octanol–water partition coefficient (Wildman–Crippen LogP) is 2.92. The van der Waals surface area contributed by atoms with Gasteiger partial charge in [0.15, 0.2) is 0 Å². The van der Waals surface area contributed by atoms with E-state index in [0.717, 1.165) is 36.9 Å². The van der Waals surface area contributed by atoms with Crippen LogP contribution in [-0.2, 0) is 14.9 Å². The first kappa shape index (κ1) is 20.9. The molecular weight excluding hydrogens is 406 g/mol. The highest BCUT2D eigenvalue weighted by molar-refractivity contribution is 6.01. The second-order valence-electron chi connectivity index (χ2n) is 9.06. The molecule has 8 heteroatoms. The van der Waals surface area contributed by atoms with Crippen molar-refractivity contribution in [2.24, 2.45) is 11.3 Å². The summed E-state index contributed by atoms with van der Waals surface area (Å²) in [6.07, 6.45) is 5.68. The molecule has 1 amide bonds. The summed E-state index contributed by atoms with van der Waals surface area (Å²) in [6, 6.07) is 12.0. The number of nitrogens with one attached hydrogen (secondary N) is 1. The van der Waals surface area contributed by atoms with Gasteiger partial charge in [0.25, 0.3) is 0 Å². The molecule has 3 fully saturated rings. The maximum absolute atomic E-state index is 13.0. The minimum absolute atomic E-state index is 0.100. The summed E-state index contributed by atoms with van der Waals surface area (Å²) < 4.78 is 5.46. The van der Waals surface area contributed by atoms with Crippen molar-refractivity contribution < 1.29 is 14.6 Å². The summed E-state index contributed by atoms with van der Waals surface area (Å²) in [5.41, 5.74) is 0.779. The zero-order chi connectivity index (χ0) is 22.2. The number of aliphatic hydroxyl groups excluding tert-OH is 1. The second kappa shape index (κ2) is 8.15. The number of nitriles is 1. The third-order valence-corrected chi connectivity index (χ3v) is 7.25. The number of carbonyl (C=O) groups excluding carboxylic acids is 1. The van der Waals surface area contributed by atoms with Gasteiger partial charge < -0.3 is 15.2 Å². The van der Waals surface area contributed by atoms with Crippen LogP contribution in [0.25, 0.3) is 0 Å². The molecule has 2 aromatic rings.